The minimum absolute atomic E-state index is 0.0288. The molecule has 0 aliphatic carbocycles. The van der Waals surface area contributed by atoms with Crippen LogP contribution in [0.2, 0.25) is 0 Å². The van der Waals surface area contributed by atoms with Crippen LogP contribution in [0.15, 0.2) is 18.2 Å². The summed E-state index contributed by atoms with van der Waals surface area (Å²) in [4.78, 5) is 0. The fourth-order valence-electron chi connectivity index (χ4n) is 1.54. The second-order valence-electron chi connectivity index (χ2n) is 4.64. The molecule has 0 aliphatic rings. The Morgan fingerprint density at radius 3 is 2.56 bits per heavy atom. The van der Waals surface area contributed by atoms with Gasteiger partial charge >= 0.3 is 0 Å². The molecule has 0 aliphatic heterocycles. The van der Waals surface area contributed by atoms with Gasteiger partial charge in [0.05, 0.1) is 5.54 Å². The van der Waals surface area contributed by atoms with E-state index in [4.69, 9.17) is 6.42 Å². The van der Waals surface area contributed by atoms with Crippen LogP contribution in [0.1, 0.15) is 37.9 Å². The molecule has 2 heteroatoms. The molecule has 0 saturated carbocycles. The van der Waals surface area contributed by atoms with Gasteiger partial charge in [-0.2, -0.15) is 0 Å². The van der Waals surface area contributed by atoms with Crippen LogP contribution in [-0.2, 0) is 0 Å². The zero-order chi connectivity index (χ0) is 12.3. The molecule has 0 aromatic heterocycles. The molecule has 1 nitrogen and oxygen atoms in total. The van der Waals surface area contributed by atoms with Crippen molar-refractivity contribution in [3.05, 3.63) is 35.1 Å². The first-order chi connectivity index (χ1) is 7.35. The lowest BCUT2D eigenvalue weighted by molar-refractivity contribution is 0.430. The highest BCUT2D eigenvalue weighted by atomic mass is 19.1. The lowest BCUT2D eigenvalue weighted by atomic mass is 10.0. The highest BCUT2D eigenvalue weighted by molar-refractivity contribution is 5.26. The van der Waals surface area contributed by atoms with Crippen LogP contribution < -0.4 is 5.32 Å². The smallest absolute Gasteiger partial charge is 0.126 e. The third kappa shape index (κ3) is 3.08. The van der Waals surface area contributed by atoms with Crippen LogP contribution in [0.5, 0.6) is 0 Å². The lowest BCUT2D eigenvalue weighted by Crippen LogP contribution is -2.39. The molecular weight excluding hydrogens is 201 g/mol. The first kappa shape index (κ1) is 12.7. The van der Waals surface area contributed by atoms with Crippen molar-refractivity contribution in [3.63, 3.8) is 0 Å². The molecule has 0 heterocycles. The van der Waals surface area contributed by atoms with E-state index in [9.17, 15) is 4.39 Å². The minimum Gasteiger partial charge on any atom is -0.295 e. The van der Waals surface area contributed by atoms with Crippen LogP contribution in [0, 0.1) is 25.1 Å². The maximum atomic E-state index is 13.4. The van der Waals surface area contributed by atoms with E-state index >= 15 is 0 Å². The normalized spacial score (nSPS) is 13.2. The zero-order valence-electron chi connectivity index (χ0n) is 10.3. The monoisotopic (exact) mass is 219 g/mol. The van der Waals surface area contributed by atoms with Crippen molar-refractivity contribution in [2.45, 2.75) is 39.3 Å². The summed E-state index contributed by atoms with van der Waals surface area (Å²) in [6.07, 6.45) is 5.40. The standard InChI is InChI=1S/C14H18FN/c1-6-14(4,5)16-11(3)12-8-7-10(2)13(15)9-12/h1,7-9,11,16H,2-5H3. The first-order valence-corrected chi connectivity index (χ1v) is 5.37. The topological polar surface area (TPSA) is 12.0 Å². The molecule has 0 radical (unpaired) electrons. The van der Waals surface area contributed by atoms with E-state index in [2.05, 4.69) is 11.2 Å². The Kier molecular flexibility index (Phi) is 3.72. The fraction of sp³-hybridized carbons (Fsp3) is 0.429. The zero-order valence-corrected chi connectivity index (χ0v) is 10.3. The number of hydrogen-bond donors (Lipinski definition) is 1. The molecule has 16 heavy (non-hydrogen) atoms. The van der Waals surface area contributed by atoms with Gasteiger partial charge in [0.15, 0.2) is 0 Å². The Bertz CT molecular complexity index is 415. The maximum Gasteiger partial charge on any atom is 0.126 e. The van der Waals surface area contributed by atoms with Crippen LogP contribution in [-0.4, -0.2) is 5.54 Å². The summed E-state index contributed by atoms with van der Waals surface area (Å²) in [7, 11) is 0. The van der Waals surface area contributed by atoms with Crippen molar-refractivity contribution in [1.29, 1.82) is 0 Å². The molecule has 1 aromatic rings. The van der Waals surface area contributed by atoms with Gasteiger partial charge in [0, 0.05) is 6.04 Å². The number of benzene rings is 1. The molecule has 0 amide bonds. The summed E-state index contributed by atoms with van der Waals surface area (Å²) >= 11 is 0. The van der Waals surface area contributed by atoms with Gasteiger partial charge in [-0.3, -0.25) is 5.32 Å². The molecule has 0 fully saturated rings. The first-order valence-electron chi connectivity index (χ1n) is 5.37. The summed E-state index contributed by atoms with van der Waals surface area (Å²) in [5.74, 6) is 2.49. The second kappa shape index (κ2) is 4.67. The van der Waals surface area contributed by atoms with Gasteiger partial charge < -0.3 is 0 Å². The lowest BCUT2D eigenvalue weighted by Gasteiger charge is -2.25. The number of nitrogens with one attached hydrogen (secondary N) is 1. The number of aryl methyl sites for hydroxylation is 1. The van der Waals surface area contributed by atoms with Crippen molar-refractivity contribution in [1.82, 2.24) is 5.32 Å². The molecule has 86 valence electrons. The minimum atomic E-state index is -0.388. The Balaban J connectivity index is 2.86. The average Bonchev–Trinajstić information content (AvgIpc) is 2.21. The summed E-state index contributed by atoms with van der Waals surface area (Å²) in [6, 6.07) is 5.29. The van der Waals surface area contributed by atoms with E-state index in [1.165, 1.54) is 0 Å². The summed E-state index contributed by atoms with van der Waals surface area (Å²) < 4.78 is 13.4. The third-order valence-corrected chi connectivity index (χ3v) is 2.63. The van der Waals surface area contributed by atoms with E-state index in [0.29, 0.717) is 5.56 Å². The largest absolute Gasteiger partial charge is 0.295 e. The van der Waals surface area contributed by atoms with Gasteiger partial charge in [0.25, 0.3) is 0 Å². The fourth-order valence-corrected chi connectivity index (χ4v) is 1.54. The number of rotatable bonds is 3. The van der Waals surface area contributed by atoms with E-state index in [1.807, 2.05) is 26.8 Å². The SMILES string of the molecule is C#CC(C)(C)NC(C)c1ccc(C)c(F)c1. The highest BCUT2D eigenvalue weighted by Gasteiger charge is 2.18. The van der Waals surface area contributed by atoms with E-state index in [1.54, 1.807) is 19.1 Å². The quantitative estimate of drug-likeness (QED) is 0.770. The van der Waals surface area contributed by atoms with Crippen molar-refractivity contribution in [2.24, 2.45) is 0 Å². The van der Waals surface area contributed by atoms with Gasteiger partial charge in [-0.25, -0.2) is 4.39 Å². The van der Waals surface area contributed by atoms with E-state index in [-0.39, 0.29) is 17.4 Å². The molecule has 1 rings (SSSR count). The molecule has 1 N–H and O–H groups in total. The van der Waals surface area contributed by atoms with Gasteiger partial charge in [-0.1, -0.05) is 18.1 Å². The number of hydrogen-bond acceptors (Lipinski definition) is 1. The van der Waals surface area contributed by atoms with Crippen molar-refractivity contribution >= 4 is 0 Å². The predicted octanol–water partition coefficient (Wildman–Crippen LogP) is 3.20. The van der Waals surface area contributed by atoms with Gasteiger partial charge in [-0.15, -0.1) is 6.42 Å². The Labute approximate surface area is 97.1 Å². The second-order valence-corrected chi connectivity index (χ2v) is 4.64. The molecule has 0 saturated heterocycles. The highest BCUT2D eigenvalue weighted by Crippen LogP contribution is 2.18. The molecule has 1 aromatic carbocycles. The Morgan fingerprint density at radius 1 is 1.44 bits per heavy atom. The summed E-state index contributed by atoms with van der Waals surface area (Å²) in [5.41, 5.74) is 1.18. The van der Waals surface area contributed by atoms with Gasteiger partial charge in [0.2, 0.25) is 0 Å². The van der Waals surface area contributed by atoms with Crippen LogP contribution >= 0.6 is 0 Å². The van der Waals surface area contributed by atoms with Crippen LogP contribution in [0.4, 0.5) is 4.39 Å². The molecule has 0 spiro atoms. The summed E-state index contributed by atoms with van der Waals surface area (Å²) in [5, 5.41) is 3.27. The average molecular weight is 219 g/mol. The van der Waals surface area contributed by atoms with Gasteiger partial charge in [-0.05, 0) is 44.9 Å². The van der Waals surface area contributed by atoms with Crippen LogP contribution in [0.25, 0.3) is 0 Å². The van der Waals surface area contributed by atoms with Crippen molar-refractivity contribution in [3.8, 4) is 12.3 Å². The third-order valence-electron chi connectivity index (χ3n) is 2.63. The molecule has 1 unspecified atom stereocenters. The van der Waals surface area contributed by atoms with Crippen molar-refractivity contribution < 1.29 is 4.39 Å². The van der Waals surface area contributed by atoms with E-state index in [0.717, 1.165) is 5.56 Å². The van der Waals surface area contributed by atoms with Crippen molar-refractivity contribution in [2.75, 3.05) is 0 Å². The maximum absolute atomic E-state index is 13.4. The predicted molar refractivity (Wildman–Crippen MR) is 65.6 cm³/mol. The van der Waals surface area contributed by atoms with E-state index < -0.39 is 0 Å². The number of terminal acetylenes is 1. The molecular formula is C14H18FN. The van der Waals surface area contributed by atoms with Crippen LogP contribution in [0.3, 0.4) is 0 Å². The Hall–Kier alpha value is -1.33. The summed E-state index contributed by atoms with van der Waals surface area (Å²) in [6.45, 7) is 7.58. The van der Waals surface area contributed by atoms with Gasteiger partial charge in [0.1, 0.15) is 5.82 Å². The molecule has 1 atom stereocenters. The number of halogens is 1. The Morgan fingerprint density at radius 2 is 2.06 bits per heavy atom. The molecule has 0 bridgehead atoms.